The Morgan fingerprint density at radius 1 is 1.12 bits per heavy atom. The lowest BCUT2D eigenvalue weighted by atomic mass is 9.96. The second-order valence-electron chi connectivity index (χ2n) is 7.82. The monoisotopic (exact) mass is 429 g/mol. The summed E-state index contributed by atoms with van der Waals surface area (Å²) >= 11 is 0. The van der Waals surface area contributed by atoms with E-state index in [0.29, 0.717) is 34.7 Å². The number of aromatic amines is 1. The SMILES string of the molecule is CC(C)c1c(F)cccc1-c1ncc2[nH]c(=O)n(Cc3ccc(-n4ccnn4)cc3)c2n1. The summed E-state index contributed by atoms with van der Waals surface area (Å²) in [7, 11) is 0. The van der Waals surface area contributed by atoms with Crippen LogP contribution in [0, 0.1) is 5.82 Å². The van der Waals surface area contributed by atoms with Gasteiger partial charge in [0.1, 0.15) is 11.3 Å². The molecule has 0 saturated heterocycles. The van der Waals surface area contributed by atoms with E-state index >= 15 is 0 Å². The van der Waals surface area contributed by atoms with Gasteiger partial charge in [0, 0.05) is 11.1 Å². The number of nitrogens with one attached hydrogen (secondary N) is 1. The van der Waals surface area contributed by atoms with Crippen LogP contribution in [0.1, 0.15) is 30.9 Å². The van der Waals surface area contributed by atoms with Crippen LogP contribution in [-0.4, -0.2) is 34.5 Å². The van der Waals surface area contributed by atoms with Gasteiger partial charge in [-0.3, -0.25) is 4.57 Å². The zero-order chi connectivity index (χ0) is 22.2. The van der Waals surface area contributed by atoms with Crippen molar-refractivity contribution in [3.05, 3.63) is 88.5 Å². The van der Waals surface area contributed by atoms with Crippen molar-refractivity contribution in [3.8, 4) is 17.1 Å². The number of H-pyrrole nitrogens is 1. The molecule has 9 heteroatoms. The highest BCUT2D eigenvalue weighted by Crippen LogP contribution is 2.29. The van der Waals surface area contributed by atoms with Crippen molar-refractivity contribution in [2.45, 2.75) is 26.3 Å². The Kier molecular flexibility index (Phi) is 4.85. The van der Waals surface area contributed by atoms with Crippen molar-refractivity contribution in [3.63, 3.8) is 0 Å². The molecule has 3 heterocycles. The molecule has 3 aromatic heterocycles. The van der Waals surface area contributed by atoms with E-state index in [1.54, 1.807) is 40.0 Å². The van der Waals surface area contributed by atoms with Crippen LogP contribution in [0.3, 0.4) is 0 Å². The van der Waals surface area contributed by atoms with E-state index in [1.165, 1.54) is 6.07 Å². The fourth-order valence-corrected chi connectivity index (χ4v) is 3.82. The summed E-state index contributed by atoms with van der Waals surface area (Å²) in [5, 5.41) is 7.78. The molecule has 0 aliphatic rings. The number of aromatic nitrogens is 7. The number of halogens is 1. The van der Waals surface area contributed by atoms with Gasteiger partial charge in [-0.2, -0.15) is 0 Å². The lowest BCUT2D eigenvalue weighted by Gasteiger charge is -2.13. The van der Waals surface area contributed by atoms with Crippen LogP contribution in [0.2, 0.25) is 0 Å². The highest BCUT2D eigenvalue weighted by molar-refractivity contribution is 5.74. The highest BCUT2D eigenvalue weighted by Gasteiger charge is 2.17. The molecular formula is C23H20FN7O. The summed E-state index contributed by atoms with van der Waals surface area (Å²) in [6.07, 6.45) is 4.94. The van der Waals surface area contributed by atoms with Crippen LogP contribution in [0.25, 0.3) is 28.2 Å². The smallest absolute Gasteiger partial charge is 0.303 e. The van der Waals surface area contributed by atoms with Gasteiger partial charge >= 0.3 is 5.69 Å². The lowest BCUT2D eigenvalue weighted by molar-refractivity contribution is 0.599. The molecule has 0 amide bonds. The summed E-state index contributed by atoms with van der Waals surface area (Å²) in [5.41, 5.74) is 3.69. The fraction of sp³-hybridized carbons (Fsp3) is 0.174. The van der Waals surface area contributed by atoms with Gasteiger partial charge in [0.25, 0.3) is 0 Å². The predicted octanol–water partition coefficient (Wildman–Crippen LogP) is 3.68. The Hall–Kier alpha value is -4.14. The van der Waals surface area contributed by atoms with Gasteiger partial charge in [0.2, 0.25) is 0 Å². The summed E-state index contributed by atoms with van der Waals surface area (Å²) < 4.78 is 17.7. The molecule has 0 bridgehead atoms. The maximum absolute atomic E-state index is 14.5. The standard InChI is InChI=1S/C23H20FN7O/c1-14(2)20-17(4-3-5-18(20)24)21-25-12-19-22(28-21)30(23(32)27-19)13-15-6-8-16(9-7-15)31-11-10-26-29-31/h3-12,14H,13H2,1-2H3,(H,27,32). The first-order valence-electron chi connectivity index (χ1n) is 10.2. The van der Waals surface area contributed by atoms with Crippen molar-refractivity contribution >= 4 is 11.2 Å². The molecule has 32 heavy (non-hydrogen) atoms. The van der Waals surface area contributed by atoms with Gasteiger partial charge in [0.05, 0.1) is 30.8 Å². The average Bonchev–Trinajstić information content (AvgIpc) is 3.42. The van der Waals surface area contributed by atoms with Gasteiger partial charge in [0.15, 0.2) is 11.5 Å². The number of nitrogens with zero attached hydrogens (tertiary/aromatic N) is 6. The lowest BCUT2D eigenvalue weighted by Crippen LogP contribution is -2.17. The van der Waals surface area contributed by atoms with Gasteiger partial charge < -0.3 is 4.98 Å². The van der Waals surface area contributed by atoms with E-state index in [0.717, 1.165) is 11.3 Å². The molecule has 5 rings (SSSR count). The Labute approximate surface area is 182 Å². The Morgan fingerprint density at radius 3 is 2.66 bits per heavy atom. The number of fused-ring (bicyclic) bond motifs is 1. The first-order valence-corrected chi connectivity index (χ1v) is 10.2. The molecule has 0 unspecified atom stereocenters. The normalized spacial score (nSPS) is 11.5. The summed E-state index contributed by atoms with van der Waals surface area (Å²) in [5.74, 6) is 0.0533. The summed E-state index contributed by atoms with van der Waals surface area (Å²) in [6, 6.07) is 12.6. The molecule has 0 aliphatic carbocycles. The minimum atomic E-state index is -0.292. The average molecular weight is 429 g/mol. The van der Waals surface area contributed by atoms with E-state index in [-0.39, 0.29) is 17.4 Å². The predicted molar refractivity (Wildman–Crippen MR) is 118 cm³/mol. The van der Waals surface area contributed by atoms with Crippen molar-refractivity contribution in [2.75, 3.05) is 0 Å². The third kappa shape index (κ3) is 3.47. The summed E-state index contributed by atoms with van der Waals surface area (Å²) in [6.45, 7) is 4.18. The maximum Gasteiger partial charge on any atom is 0.328 e. The molecule has 5 aromatic rings. The molecule has 0 atom stereocenters. The second kappa shape index (κ2) is 7.84. The van der Waals surface area contributed by atoms with Crippen LogP contribution < -0.4 is 5.69 Å². The molecule has 0 fully saturated rings. The fourth-order valence-electron chi connectivity index (χ4n) is 3.82. The molecule has 1 N–H and O–H groups in total. The summed E-state index contributed by atoms with van der Waals surface area (Å²) in [4.78, 5) is 24.4. The quantitative estimate of drug-likeness (QED) is 0.460. The zero-order valence-corrected chi connectivity index (χ0v) is 17.5. The maximum atomic E-state index is 14.5. The largest absolute Gasteiger partial charge is 0.328 e. The minimum absolute atomic E-state index is 0.0394. The van der Waals surface area contributed by atoms with Crippen LogP contribution in [-0.2, 0) is 6.54 Å². The van der Waals surface area contributed by atoms with Crippen LogP contribution in [0.5, 0.6) is 0 Å². The molecule has 0 aliphatic heterocycles. The number of imidazole rings is 1. The van der Waals surface area contributed by atoms with Crippen LogP contribution >= 0.6 is 0 Å². The Bertz CT molecular complexity index is 1450. The third-order valence-corrected chi connectivity index (χ3v) is 5.35. The van der Waals surface area contributed by atoms with Crippen molar-refractivity contribution in [2.24, 2.45) is 0 Å². The number of hydrogen-bond acceptors (Lipinski definition) is 5. The second-order valence-corrected chi connectivity index (χ2v) is 7.82. The van der Waals surface area contributed by atoms with E-state index in [1.807, 2.05) is 38.1 Å². The molecule has 0 spiro atoms. The van der Waals surface area contributed by atoms with E-state index in [4.69, 9.17) is 0 Å². The van der Waals surface area contributed by atoms with E-state index < -0.39 is 0 Å². The van der Waals surface area contributed by atoms with Gasteiger partial charge in [-0.15, -0.1) is 5.10 Å². The number of hydrogen-bond donors (Lipinski definition) is 1. The van der Waals surface area contributed by atoms with Gasteiger partial charge in [-0.1, -0.05) is 43.3 Å². The highest BCUT2D eigenvalue weighted by atomic mass is 19.1. The minimum Gasteiger partial charge on any atom is -0.303 e. The van der Waals surface area contributed by atoms with Crippen molar-refractivity contribution in [1.29, 1.82) is 0 Å². The van der Waals surface area contributed by atoms with E-state index in [9.17, 15) is 9.18 Å². The van der Waals surface area contributed by atoms with Crippen LogP contribution in [0.15, 0.2) is 65.8 Å². The van der Waals surface area contributed by atoms with Crippen molar-refractivity contribution < 1.29 is 4.39 Å². The molecule has 0 radical (unpaired) electrons. The van der Waals surface area contributed by atoms with E-state index in [2.05, 4.69) is 25.3 Å². The molecule has 8 nitrogen and oxygen atoms in total. The third-order valence-electron chi connectivity index (χ3n) is 5.35. The number of benzene rings is 2. The Morgan fingerprint density at radius 2 is 1.94 bits per heavy atom. The topological polar surface area (TPSA) is 94.3 Å². The van der Waals surface area contributed by atoms with Crippen molar-refractivity contribution in [1.82, 2.24) is 34.5 Å². The molecule has 160 valence electrons. The van der Waals surface area contributed by atoms with Crippen LogP contribution in [0.4, 0.5) is 4.39 Å². The molecule has 2 aromatic carbocycles. The number of rotatable bonds is 5. The first kappa shape index (κ1) is 19.8. The van der Waals surface area contributed by atoms with Gasteiger partial charge in [-0.25, -0.2) is 23.8 Å². The zero-order valence-electron chi connectivity index (χ0n) is 17.5. The molecular weight excluding hydrogens is 409 g/mol. The Balaban J connectivity index is 1.55. The first-order chi connectivity index (χ1) is 15.5. The molecule has 0 saturated carbocycles. The van der Waals surface area contributed by atoms with Gasteiger partial charge in [-0.05, 0) is 29.7 Å².